The molecule has 1 fully saturated rings. The maximum Gasteiger partial charge on any atom is 0.123 e. The van der Waals surface area contributed by atoms with Gasteiger partial charge in [-0.3, -0.25) is 0 Å². The van der Waals surface area contributed by atoms with E-state index in [0.29, 0.717) is 0 Å². The van der Waals surface area contributed by atoms with Crippen LogP contribution in [-0.4, -0.2) is 13.1 Å². The van der Waals surface area contributed by atoms with Gasteiger partial charge in [0.1, 0.15) is 5.82 Å². The fourth-order valence-electron chi connectivity index (χ4n) is 2.59. The van der Waals surface area contributed by atoms with Crippen LogP contribution in [0.4, 0.5) is 10.1 Å². The first kappa shape index (κ1) is 13.5. The molecule has 1 aliphatic rings. The Kier molecular flexibility index (Phi) is 4.26. The van der Waals surface area contributed by atoms with E-state index >= 15 is 0 Å². The monoisotopic (exact) mass is 287 g/mol. The van der Waals surface area contributed by atoms with Gasteiger partial charge in [-0.15, -0.1) is 11.8 Å². The fraction of sp³-hybridized carbons (Fsp3) is 0.294. The zero-order valence-electron chi connectivity index (χ0n) is 11.4. The highest BCUT2D eigenvalue weighted by atomic mass is 32.2. The Morgan fingerprint density at radius 2 is 1.80 bits per heavy atom. The minimum Gasteiger partial charge on any atom is -0.371 e. The van der Waals surface area contributed by atoms with Crippen LogP contribution in [0, 0.1) is 5.82 Å². The summed E-state index contributed by atoms with van der Waals surface area (Å²) in [5, 5.41) is 0. The van der Waals surface area contributed by atoms with Crippen molar-refractivity contribution < 1.29 is 4.39 Å². The van der Waals surface area contributed by atoms with Crippen molar-refractivity contribution in [1.29, 1.82) is 0 Å². The third-order valence-electron chi connectivity index (χ3n) is 3.60. The molecule has 0 bridgehead atoms. The largest absolute Gasteiger partial charge is 0.371 e. The molecule has 1 aliphatic heterocycles. The Bertz CT molecular complexity index is 579. The number of hydrogen-bond acceptors (Lipinski definition) is 2. The van der Waals surface area contributed by atoms with Crippen LogP contribution in [0.25, 0.3) is 0 Å². The number of rotatable bonds is 4. The summed E-state index contributed by atoms with van der Waals surface area (Å²) in [4.78, 5) is 3.74. The van der Waals surface area contributed by atoms with E-state index in [4.69, 9.17) is 0 Å². The Hall–Kier alpha value is -1.48. The van der Waals surface area contributed by atoms with Crippen LogP contribution >= 0.6 is 11.8 Å². The topological polar surface area (TPSA) is 3.24 Å². The zero-order valence-corrected chi connectivity index (χ0v) is 12.2. The minimum absolute atomic E-state index is 0.157. The van der Waals surface area contributed by atoms with Crippen molar-refractivity contribution in [3.63, 3.8) is 0 Å². The molecule has 2 aromatic carbocycles. The van der Waals surface area contributed by atoms with E-state index in [0.717, 1.165) is 24.4 Å². The van der Waals surface area contributed by atoms with Gasteiger partial charge >= 0.3 is 0 Å². The highest BCUT2D eigenvalue weighted by Crippen LogP contribution is 2.33. The normalized spacial score (nSPS) is 14.8. The van der Waals surface area contributed by atoms with Gasteiger partial charge in [0.05, 0.1) is 5.69 Å². The van der Waals surface area contributed by atoms with E-state index in [1.165, 1.54) is 29.5 Å². The maximum absolute atomic E-state index is 13.2. The summed E-state index contributed by atoms with van der Waals surface area (Å²) in [6.45, 7) is 2.30. The van der Waals surface area contributed by atoms with E-state index in [9.17, 15) is 4.39 Å². The van der Waals surface area contributed by atoms with Gasteiger partial charge in [-0.1, -0.05) is 24.3 Å². The van der Waals surface area contributed by atoms with E-state index in [-0.39, 0.29) is 5.82 Å². The highest BCUT2D eigenvalue weighted by molar-refractivity contribution is 7.98. The van der Waals surface area contributed by atoms with E-state index in [1.54, 1.807) is 23.9 Å². The number of nitrogens with zero attached hydrogens (tertiary/aromatic N) is 1. The number of para-hydroxylation sites is 1. The molecule has 3 rings (SSSR count). The maximum atomic E-state index is 13.2. The summed E-state index contributed by atoms with van der Waals surface area (Å²) in [5.74, 6) is 0.652. The lowest BCUT2D eigenvalue weighted by Gasteiger charge is -2.20. The lowest BCUT2D eigenvalue weighted by atomic mass is 10.2. The van der Waals surface area contributed by atoms with Crippen LogP contribution in [0.1, 0.15) is 18.4 Å². The van der Waals surface area contributed by atoms with Crippen molar-refractivity contribution >= 4 is 17.4 Å². The summed E-state index contributed by atoms with van der Waals surface area (Å²) in [5.41, 5.74) is 2.36. The molecule has 0 atom stereocenters. The van der Waals surface area contributed by atoms with E-state index < -0.39 is 0 Å². The Labute approximate surface area is 123 Å². The SMILES string of the molecule is Fc1cccc(CSc2ccccc2N2CCCC2)c1. The summed E-state index contributed by atoms with van der Waals surface area (Å²) in [6, 6.07) is 15.4. The lowest BCUT2D eigenvalue weighted by Crippen LogP contribution is -2.18. The Morgan fingerprint density at radius 3 is 2.60 bits per heavy atom. The molecular formula is C17H18FNS. The van der Waals surface area contributed by atoms with Gasteiger partial charge in [0.15, 0.2) is 0 Å². The third-order valence-corrected chi connectivity index (χ3v) is 4.73. The van der Waals surface area contributed by atoms with Gasteiger partial charge in [0, 0.05) is 23.7 Å². The Morgan fingerprint density at radius 1 is 1.00 bits per heavy atom. The molecule has 0 amide bonds. The van der Waals surface area contributed by atoms with Crippen molar-refractivity contribution in [2.45, 2.75) is 23.5 Å². The van der Waals surface area contributed by atoms with Crippen LogP contribution in [-0.2, 0) is 5.75 Å². The van der Waals surface area contributed by atoms with Crippen LogP contribution in [0.15, 0.2) is 53.4 Å². The van der Waals surface area contributed by atoms with Gasteiger partial charge in [-0.2, -0.15) is 0 Å². The van der Waals surface area contributed by atoms with Gasteiger partial charge in [-0.05, 0) is 42.7 Å². The third kappa shape index (κ3) is 3.15. The molecule has 0 radical (unpaired) electrons. The van der Waals surface area contributed by atoms with Gasteiger partial charge in [-0.25, -0.2) is 4.39 Å². The standard InChI is InChI=1S/C17H18FNS/c18-15-7-5-6-14(12-15)13-20-17-9-2-1-8-16(17)19-10-3-4-11-19/h1-2,5-9,12H,3-4,10-11,13H2. The Balaban J connectivity index is 1.74. The molecule has 3 heteroatoms. The molecule has 0 spiro atoms. The van der Waals surface area contributed by atoms with E-state index in [1.807, 2.05) is 6.07 Å². The molecule has 104 valence electrons. The van der Waals surface area contributed by atoms with Crippen molar-refractivity contribution in [2.24, 2.45) is 0 Å². The van der Waals surface area contributed by atoms with Crippen molar-refractivity contribution in [1.82, 2.24) is 0 Å². The number of anilines is 1. The summed E-state index contributed by atoms with van der Waals surface area (Å²) in [6.07, 6.45) is 2.56. The fourth-order valence-corrected chi connectivity index (χ4v) is 3.61. The molecule has 2 aromatic rings. The second kappa shape index (κ2) is 6.31. The van der Waals surface area contributed by atoms with Gasteiger partial charge in [0.2, 0.25) is 0 Å². The summed E-state index contributed by atoms with van der Waals surface area (Å²) >= 11 is 1.79. The predicted molar refractivity (Wildman–Crippen MR) is 83.9 cm³/mol. The molecule has 1 heterocycles. The van der Waals surface area contributed by atoms with Crippen LogP contribution in [0.2, 0.25) is 0 Å². The average molecular weight is 287 g/mol. The number of thioether (sulfide) groups is 1. The summed E-state index contributed by atoms with van der Waals surface area (Å²) < 4.78 is 13.2. The molecule has 0 saturated carbocycles. The highest BCUT2D eigenvalue weighted by Gasteiger charge is 2.15. The second-order valence-corrected chi connectivity index (χ2v) is 6.10. The molecule has 0 N–H and O–H groups in total. The van der Waals surface area contributed by atoms with Crippen LogP contribution < -0.4 is 4.90 Å². The van der Waals surface area contributed by atoms with Crippen molar-refractivity contribution in [3.05, 3.63) is 59.9 Å². The number of halogens is 1. The van der Waals surface area contributed by atoms with Crippen molar-refractivity contribution in [3.8, 4) is 0 Å². The molecule has 0 unspecified atom stereocenters. The molecule has 0 aliphatic carbocycles. The molecular weight excluding hydrogens is 269 g/mol. The van der Waals surface area contributed by atoms with Gasteiger partial charge in [0.25, 0.3) is 0 Å². The first-order valence-corrected chi connectivity index (χ1v) is 8.03. The number of benzene rings is 2. The first-order chi connectivity index (χ1) is 9.83. The lowest BCUT2D eigenvalue weighted by molar-refractivity contribution is 0.626. The number of hydrogen-bond donors (Lipinski definition) is 0. The molecule has 1 saturated heterocycles. The van der Waals surface area contributed by atoms with Crippen molar-refractivity contribution in [2.75, 3.05) is 18.0 Å². The zero-order chi connectivity index (χ0) is 13.8. The average Bonchev–Trinajstić information content (AvgIpc) is 3.00. The first-order valence-electron chi connectivity index (χ1n) is 7.04. The molecule has 20 heavy (non-hydrogen) atoms. The smallest absolute Gasteiger partial charge is 0.123 e. The summed E-state index contributed by atoms with van der Waals surface area (Å²) in [7, 11) is 0. The minimum atomic E-state index is -0.157. The van der Waals surface area contributed by atoms with Gasteiger partial charge < -0.3 is 4.90 Å². The predicted octanol–water partition coefficient (Wildman–Crippen LogP) is 4.72. The van der Waals surface area contributed by atoms with Crippen LogP contribution in [0.5, 0.6) is 0 Å². The van der Waals surface area contributed by atoms with E-state index in [2.05, 4.69) is 29.2 Å². The molecule has 1 nitrogen and oxygen atoms in total. The quantitative estimate of drug-likeness (QED) is 0.749. The second-order valence-electron chi connectivity index (χ2n) is 5.08. The van der Waals surface area contributed by atoms with Crippen LogP contribution in [0.3, 0.4) is 0 Å². The molecule has 0 aromatic heterocycles.